The van der Waals surface area contributed by atoms with Crippen molar-refractivity contribution in [1.29, 1.82) is 0 Å². The van der Waals surface area contributed by atoms with Gasteiger partial charge in [0, 0.05) is 23.2 Å². The molecule has 1 N–H and O–H groups in total. The Kier molecular flexibility index (Phi) is 5.27. The third-order valence-corrected chi connectivity index (χ3v) is 3.67. The van der Waals surface area contributed by atoms with E-state index < -0.39 is 0 Å². The second-order valence-electron chi connectivity index (χ2n) is 5.64. The van der Waals surface area contributed by atoms with E-state index >= 15 is 0 Å². The first-order chi connectivity index (χ1) is 9.95. The summed E-state index contributed by atoms with van der Waals surface area (Å²) in [6.07, 6.45) is 0. The average molecular weight is 304 g/mol. The van der Waals surface area contributed by atoms with Crippen LogP contribution in [0.5, 0.6) is 11.5 Å². The molecule has 0 spiro atoms. The number of rotatable bonds is 5. The topological polar surface area (TPSA) is 21.3 Å². The summed E-state index contributed by atoms with van der Waals surface area (Å²) >= 11 is 6.10. The van der Waals surface area contributed by atoms with E-state index in [0.717, 1.165) is 23.6 Å². The smallest absolute Gasteiger partial charge is 0.133 e. The summed E-state index contributed by atoms with van der Waals surface area (Å²) in [6, 6.07) is 12.3. The maximum Gasteiger partial charge on any atom is 0.133 e. The Labute approximate surface area is 132 Å². The van der Waals surface area contributed by atoms with Gasteiger partial charge >= 0.3 is 0 Å². The highest BCUT2D eigenvalue weighted by atomic mass is 35.5. The van der Waals surface area contributed by atoms with Crippen LogP contribution in [0.2, 0.25) is 5.02 Å². The van der Waals surface area contributed by atoms with Gasteiger partial charge in [0.1, 0.15) is 11.5 Å². The van der Waals surface area contributed by atoms with Crippen LogP contribution in [0.3, 0.4) is 0 Å². The molecule has 0 radical (unpaired) electrons. The molecule has 0 aliphatic heterocycles. The SMILES string of the molecule is Cc1ccc(Oc2cc(Cl)ccc2CNC(C)C)cc1C. The second kappa shape index (κ2) is 6.97. The minimum atomic E-state index is 0.426. The summed E-state index contributed by atoms with van der Waals surface area (Å²) in [6.45, 7) is 9.19. The lowest BCUT2D eigenvalue weighted by Gasteiger charge is -2.14. The van der Waals surface area contributed by atoms with Crippen LogP contribution in [-0.4, -0.2) is 6.04 Å². The van der Waals surface area contributed by atoms with Crippen molar-refractivity contribution in [1.82, 2.24) is 5.32 Å². The van der Waals surface area contributed by atoms with Gasteiger partial charge in [-0.2, -0.15) is 0 Å². The molecule has 0 aliphatic carbocycles. The highest BCUT2D eigenvalue weighted by molar-refractivity contribution is 6.30. The van der Waals surface area contributed by atoms with E-state index in [4.69, 9.17) is 16.3 Å². The second-order valence-corrected chi connectivity index (χ2v) is 6.07. The summed E-state index contributed by atoms with van der Waals surface area (Å²) in [5.74, 6) is 1.64. The van der Waals surface area contributed by atoms with Crippen LogP contribution in [-0.2, 0) is 6.54 Å². The van der Waals surface area contributed by atoms with Gasteiger partial charge in [-0.25, -0.2) is 0 Å². The Morgan fingerprint density at radius 2 is 1.81 bits per heavy atom. The van der Waals surface area contributed by atoms with Crippen LogP contribution in [0.25, 0.3) is 0 Å². The molecular formula is C18H22ClNO. The lowest BCUT2D eigenvalue weighted by Crippen LogP contribution is -2.22. The molecular weight excluding hydrogens is 282 g/mol. The van der Waals surface area contributed by atoms with E-state index in [-0.39, 0.29) is 0 Å². The predicted molar refractivity (Wildman–Crippen MR) is 89.4 cm³/mol. The molecule has 2 nitrogen and oxygen atoms in total. The first-order valence-electron chi connectivity index (χ1n) is 7.22. The minimum absolute atomic E-state index is 0.426. The molecule has 2 aromatic rings. The lowest BCUT2D eigenvalue weighted by molar-refractivity contribution is 0.469. The molecule has 0 atom stereocenters. The van der Waals surface area contributed by atoms with E-state index in [9.17, 15) is 0 Å². The quantitative estimate of drug-likeness (QED) is 0.815. The van der Waals surface area contributed by atoms with Crippen molar-refractivity contribution in [3.63, 3.8) is 0 Å². The zero-order valence-electron chi connectivity index (χ0n) is 13.0. The van der Waals surface area contributed by atoms with Crippen LogP contribution in [0.1, 0.15) is 30.5 Å². The number of hydrogen-bond donors (Lipinski definition) is 1. The van der Waals surface area contributed by atoms with E-state index in [1.165, 1.54) is 11.1 Å². The monoisotopic (exact) mass is 303 g/mol. The van der Waals surface area contributed by atoms with E-state index in [1.807, 2.05) is 24.3 Å². The van der Waals surface area contributed by atoms with Crippen molar-refractivity contribution in [3.8, 4) is 11.5 Å². The number of aryl methyl sites for hydroxylation is 2. The predicted octanol–water partition coefficient (Wildman–Crippen LogP) is 5.25. The summed E-state index contributed by atoms with van der Waals surface area (Å²) < 4.78 is 6.03. The Balaban J connectivity index is 2.24. The molecule has 0 saturated heterocycles. The van der Waals surface area contributed by atoms with Gasteiger partial charge in [-0.05, 0) is 49.2 Å². The number of benzene rings is 2. The standard InChI is InChI=1S/C18H22ClNO/c1-12(2)20-11-15-6-7-16(19)10-18(15)21-17-8-5-13(3)14(4)9-17/h5-10,12,20H,11H2,1-4H3. The Bertz CT molecular complexity index is 623. The van der Waals surface area contributed by atoms with Crippen molar-refractivity contribution in [2.75, 3.05) is 0 Å². The first kappa shape index (κ1) is 15.9. The maximum atomic E-state index is 6.10. The summed E-state index contributed by atoms with van der Waals surface area (Å²) in [7, 11) is 0. The van der Waals surface area contributed by atoms with Crippen molar-refractivity contribution >= 4 is 11.6 Å². The summed E-state index contributed by atoms with van der Waals surface area (Å²) in [5.41, 5.74) is 3.58. The molecule has 0 aliphatic rings. The third-order valence-electron chi connectivity index (χ3n) is 3.44. The van der Waals surface area contributed by atoms with Crippen molar-refractivity contribution in [2.24, 2.45) is 0 Å². The van der Waals surface area contributed by atoms with Gasteiger partial charge in [-0.15, -0.1) is 0 Å². The van der Waals surface area contributed by atoms with Crippen LogP contribution in [0, 0.1) is 13.8 Å². The highest BCUT2D eigenvalue weighted by Crippen LogP contribution is 2.29. The van der Waals surface area contributed by atoms with Crippen LogP contribution in [0.15, 0.2) is 36.4 Å². The number of halogens is 1. The van der Waals surface area contributed by atoms with Crippen LogP contribution in [0.4, 0.5) is 0 Å². The highest BCUT2D eigenvalue weighted by Gasteiger charge is 2.07. The molecule has 0 heterocycles. The van der Waals surface area contributed by atoms with Crippen molar-refractivity contribution in [3.05, 3.63) is 58.1 Å². The van der Waals surface area contributed by atoms with Gasteiger partial charge in [0.05, 0.1) is 0 Å². The fourth-order valence-electron chi connectivity index (χ4n) is 1.99. The molecule has 0 aromatic heterocycles. The van der Waals surface area contributed by atoms with Gasteiger partial charge in [0.2, 0.25) is 0 Å². The third kappa shape index (κ3) is 4.48. The van der Waals surface area contributed by atoms with Gasteiger partial charge < -0.3 is 10.1 Å². The first-order valence-corrected chi connectivity index (χ1v) is 7.60. The number of hydrogen-bond acceptors (Lipinski definition) is 2. The molecule has 3 heteroatoms. The van der Waals surface area contributed by atoms with E-state index in [2.05, 4.69) is 45.1 Å². The van der Waals surface area contributed by atoms with E-state index in [1.54, 1.807) is 0 Å². The number of ether oxygens (including phenoxy) is 1. The molecule has 0 unspecified atom stereocenters. The summed E-state index contributed by atoms with van der Waals surface area (Å²) in [5, 5.41) is 4.09. The van der Waals surface area contributed by atoms with Gasteiger partial charge in [0.15, 0.2) is 0 Å². The van der Waals surface area contributed by atoms with Crippen molar-refractivity contribution < 1.29 is 4.74 Å². The average Bonchev–Trinajstić information content (AvgIpc) is 2.42. The lowest BCUT2D eigenvalue weighted by atomic mass is 10.1. The largest absolute Gasteiger partial charge is 0.457 e. The minimum Gasteiger partial charge on any atom is -0.457 e. The Hall–Kier alpha value is -1.51. The molecule has 0 fully saturated rings. The summed E-state index contributed by atoms with van der Waals surface area (Å²) in [4.78, 5) is 0. The molecule has 21 heavy (non-hydrogen) atoms. The van der Waals surface area contributed by atoms with Gasteiger partial charge in [-0.1, -0.05) is 37.6 Å². The molecule has 2 rings (SSSR count). The Morgan fingerprint density at radius 1 is 1.05 bits per heavy atom. The van der Waals surface area contributed by atoms with Gasteiger partial charge in [-0.3, -0.25) is 0 Å². The Morgan fingerprint density at radius 3 is 2.48 bits per heavy atom. The van der Waals surface area contributed by atoms with Crippen molar-refractivity contribution in [2.45, 2.75) is 40.3 Å². The molecule has 112 valence electrons. The molecule has 0 saturated carbocycles. The van der Waals surface area contributed by atoms with Crippen LogP contribution < -0.4 is 10.1 Å². The zero-order chi connectivity index (χ0) is 15.4. The molecule has 2 aromatic carbocycles. The van der Waals surface area contributed by atoms with E-state index in [0.29, 0.717) is 11.1 Å². The zero-order valence-corrected chi connectivity index (χ0v) is 13.8. The fourth-order valence-corrected chi connectivity index (χ4v) is 2.15. The molecule has 0 amide bonds. The number of nitrogens with one attached hydrogen (secondary N) is 1. The normalized spacial score (nSPS) is 11.0. The van der Waals surface area contributed by atoms with Crippen LogP contribution >= 0.6 is 11.6 Å². The van der Waals surface area contributed by atoms with Gasteiger partial charge in [0.25, 0.3) is 0 Å². The fraction of sp³-hybridized carbons (Fsp3) is 0.333. The molecule has 0 bridgehead atoms. The maximum absolute atomic E-state index is 6.10.